The Hall–Kier alpha value is -1.53. The minimum atomic E-state index is -3.53. The second-order valence-electron chi connectivity index (χ2n) is 5.95. The number of fused-ring (bicyclic) bond motifs is 1. The fourth-order valence-electron chi connectivity index (χ4n) is 2.31. The standard InChI is InChI=1S/C15H23N3O2S/c1-10(2)4-5-11(3)18-21(19,20)15-9-17-14-8-12(16)6-7-13(14)15/h6-11,17-18H,4-5,16H2,1-3H3. The van der Waals surface area contributed by atoms with Gasteiger partial charge in [0, 0.05) is 28.8 Å². The molecule has 4 N–H and O–H groups in total. The first-order chi connectivity index (χ1) is 9.79. The lowest BCUT2D eigenvalue weighted by Gasteiger charge is -2.15. The number of benzene rings is 1. The maximum Gasteiger partial charge on any atom is 0.242 e. The van der Waals surface area contributed by atoms with Gasteiger partial charge in [0.25, 0.3) is 0 Å². The average Bonchev–Trinajstić information content (AvgIpc) is 2.79. The molecule has 5 nitrogen and oxygen atoms in total. The van der Waals surface area contributed by atoms with Crippen LogP contribution in [0.25, 0.3) is 10.9 Å². The molecule has 1 atom stereocenters. The number of aromatic amines is 1. The van der Waals surface area contributed by atoms with Crippen molar-refractivity contribution < 1.29 is 8.42 Å². The normalized spacial score (nSPS) is 13.9. The monoisotopic (exact) mass is 309 g/mol. The molecule has 0 saturated heterocycles. The van der Waals surface area contributed by atoms with Gasteiger partial charge in [-0.15, -0.1) is 0 Å². The highest BCUT2D eigenvalue weighted by atomic mass is 32.2. The van der Waals surface area contributed by atoms with Crippen LogP contribution in [0.4, 0.5) is 5.69 Å². The first kappa shape index (κ1) is 15.9. The van der Waals surface area contributed by atoms with Crippen molar-refractivity contribution in [2.75, 3.05) is 5.73 Å². The molecule has 0 aliphatic rings. The molecular formula is C15H23N3O2S. The summed E-state index contributed by atoms with van der Waals surface area (Å²) < 4.78 is 27.7. The Balaban J connectivity index is 2.22. The summed E-state index contributed by atoms with van der Waals surface area (Å²) in [6.07, 6.45) is 3.34. The highest BCUT2D eigenvalue weighted by Crippen LogP contribution is 2.24. The van der Waals surface area contributed by atoms with Gasteiger partial charge in [-0.1, -0.05) is 13.8 Å². The molecule has 1 heterocycles. The molecular weight excluding hydrogens is 286 g/mol. The van der Waals surface area contributed by atoms with Crippen LogP contribution in [0.2, 0.25) is 0 Å². The fourth-order valence-corrected chi connectivity index (χ4v) is 3.77. The van der Waals surface area contributed by atoms with E-state index in [-0.39, 0.29) is 10.9 Å². The van der Waals surface area contributed by atoms with Crippen LogP contribution in [0.3, 0.4) is 0 Å². The summed E-state index contributed by atoms with van der Waals surface area (Å²) in [6, 6.07) is 5.08. The van der Waals surface area contributed by atoms with Gasteiger partial charge in [0.2, 0.25) is 10.0 Å². The highest BCUT2D eigenvalue weighted by Gasteiger charge is 2.21. The van der Waals surface area contributed by atoms with Gasteiger partial charge in [0.05, 0.1) is 0 Å². The Morgan fingerprint density at radius 3 is 2.62 bits per heavy atom. The Morgan fingerprint density at radius 1 is 1.24 bits per heavy atom. The number of nitrogen functional groups attached to an aromatic ring is 1. The van der Waals surface area contributed by atoms with E-state index >= 15 is 0 Å². The zero-order chi connectivity index (χ0) is 15.6. The SMILES string of the molecule is CC(C)CCC(C)NS(=O)(=O)c1c[nH]c2cc(N)ccc12. The lowest BCUT2D eigenvalue weighted by atomic mass is 10.1. The van der Waals surface area contributed by atoms with Crippen molar-refractivity contribution in [3.8, 4) is 0 Å². The Morgan fingerprint density at radius 2 is 1.95 bits per heavy atom. The van der Waals surface area contributed by atoms with Gasteiger partial charge in [-0.25, -0.2) is 13.1 Å². The number of anilines is 1. The average molecular weight is 309 g/mol. The molecule has 0 amide bonds. The number of sulfonamides is 1. The predicted molar refractivity (Wildman–Crippen MR) is 86.6 cm³/mol. The molecule has 0 aliphatic carbocycles. The zero-order valence-corrected chi connectivity index (χ0v) is 13.5. The van der Waals surface area contributed by atoms with E-state index in [4.69, 9.17) is 5.73 Å². The van der Waals surface area contributed by atoms with Gasteiger partial charge in [0.15, 0.2) is 0 Å². The summed E-state index contributed by atoms with van der Waals surface area (Å²) >= 11 is 0. The zero-order valence-electron chi connectivity index (χ0n) is 12.7. The van der Waals surface area contributed by atoms with Gasteiger partial charge in [-0.2, -0.15) is 0 Å². The molecule has 0 fully saturated rings. The van der Waals surface area contributed by atoms with Crippen LogP contribution in [-0.2, 0) is 10.0 Å². The topological polar surface area (TPSA) is 88.0 Å². The van der Waals surface area contributed by atoms with Crippen molar-refractivity contribution in [3.63, 3.8) is 0 Å². The van der Waals surface area contributed by atoms with Gasteiger partial charge in [-0.05, 0) is 43.9 Å². The molecule has 116 valence electrons. The first-order valence-electron chi connectivity index (χ1n) is 7.18. The molecule has 0 aliphatic heterocycles. The summed E-state index contributed by atoms with van der Waals surface area (Å²) in [5.41, 5.74) is 7.04. The van der Waals surface area contributed by atoms with Crippen molar-refractivity contribution in [2.45, 2.75) is 44.6 Å². The second-order valence-corrected chi connectivity index (χ2v) is 7.63. The number of aromatic nitrogens is 1. The van der Waals surface area contributed by atoms with E-state index in [1.54, 1.807) is 18.2 Å². The van der Waals surface area contributed by atoms with E-state index in [9.17, 15) is 8.42 Å². The minimum Gasteiger partial charge on any atom is -0.399 e. The smallest absolute Gasteiger partial charge is 0.242 e. The largest absolute Gasteiger partial charge is 0.399 e. The van der Waals surface area contributed by atoms with E-state index in [0.717, 1.165) is 18.4 Å². The third kappa shape index (κ3) is 3.77. The summed E-state index contributed by atoms with van der Waals surface area (Å²) in [7, 11) is -3.53. The van der Waals surface area contributed by atoms with Gasteiger partial charge in [0.1, 0.15) is 4.90 Å². The van der Waals surface area contributed by atoms with Crippen molar-refractivity contribution in [2.24, 2.45) is 5.92 Å². The number of nitrogens with two attached hydrogens (primary N) is 1. The minimum absolute atomic E-state index is 0.0869. The molecule has 21 heavy (non-hydrogen) atoms. The molecule has 1 aromatic heterocycles. The van der Waals surface area contributed by atoms with Crippen LogP contribution in [0, 0.1) is 5.92 Å². The maximum absolute atomic E-state index is 12.5. The van der Waals surface area contributed by atoms with Crippen molar-refractivity contribution in [3.05, 3.63) is 24.4 Å². The quantitative estimate of drug-likeness (QED) is 0.717. The lowest BCUT2D eigenvalue weighted by Crippen LogP contribution is -2.32. The number of H-pyrrole nitrogens is 1. The van der Waals surface area contributed by atoms with Crippen LogP contribution in [0.5, 0.6) is 0 Å². The molecule has 1 aromatic carbocycles. The molecule has 6 heteroatoms. The summed E-state index contributed by atoms with van der Waals surface area (Å²) in [5, 5.41) is 0.660. The van der Waals surface area contributed by atoms with Gasteiger partial charge < -0.3 is 10.7 Å². The number of hydrogen-bond donors (Lipinski definition) is 3. The molecule has 0 radical (unpaired) electrons. The van der Waals surface area contributed by atoms with E-state index in [1.165, 1.54) is 6.20 Å². The van der Waals surface area contributed by atoms with Crippen LogP contribution >= 0.6 is 0 Å². The van der Waals surface area contributed by atoms with Crippen LogP contribution in [0.15, 0.2) is 29.3 Å². The molecule has 2 aromatic rings. The molecule has 0 saturated carbocycles. The van der Waals surface area contributed by atoms with Gasteiger partial charge >= 0.3 is 0 Å². The van der Waals surface area contributed by atoms with Crippen LogP contribution in [0.1, 0.15) is 33.6 Å². The van der Waals surface area contributed by atoms with E-state index in [1.807, 2.05) is 6.92 Å². The molecule has 0 bridgehead atoms. The van der Waals surface area contributed by atoms with Gasteiger partial charge in [-0.3, -0.25) is 0 Å². The molecule has 0 spiro atoms. The van der Waals surface area contributed by atoms with E-state index in [0.29, 0.717) is 17.0 Å². The second kappa shape index (κ2) is 6.07. The molecule has 2 rings (SSSR count). The third-order valence-electron chi connectivity index (χ3n) is 3.49. The van der Waals surface area contributed by atoms with Crippen molar-refractivity contribution >= 4 is 26.6 Å². The van der Waals surface area contributed by atoms with E-state index < -0.39 is 10.0 Å². The molecule has 1 unspecified atom stereocenters. The number of hydrogen-bond acceptors (Lipinski definition) is 3. The summed E-state index contributed by atoms with van der Waals surface area (Å²) in [4.78, 5) is 3.23. The van der Waals surface area contributed by atoms with Crippen molar-refractivity contribution in [1.29, 1.82) is 0 Å². The predicted octanol–water partition coefficient (Wildman–Crippen LogP) is 2.85. The number of rotatable bonds is 6. The number of nitrogens with one attached hydrogen (secondary N) is 2. The highest BCUT2D eigenvalue weighted by molar-refractivity contribution is 7.89. The Kier molecular flexibility index (Phi) is 4.58. The summed E-state index contributed by atoms with van der Waals surface area (Å²) in [6.45, 7) is 6.16. The Labute approximate surface area is 126 Å². The van der Waals surface area contributed by atoms with Crippen LogP contribution in [-0.4, -0.2) is 19.4 Å². The maximum atomic E-state index is 12.5. The van der Waals surface area contributed by atoms with Crippen LogP contribution < -0.4 is 10.5 Å². The van der Waals surface area contributed by atoms with E-state index in [2.05, 4.69) is 23.6 Å². The summed E-state index contributed by atoms with van der Waals surface area (Å²) in [5.74, 6) is 0.563. The Bertz CT molecular complexity index is 720. The lowest BCUT2D eigenvalue weighted by molar-refractivity contribution is 0.485. The fraction of sp³-hybridized carbons (Fsp3) is 0.467. The van der Waals surface area contributed by atoms with Crippen molar-refractivity contribution in [1.82, 2.24) is 9.71 Å². The first-order valence-corrected chi connectivity index (χ1v) is 8.67. The third-order valence-corrected chi connectivity index (χ3v) is 5.12.